The van der Waals surface area contributed by atoms with Crippen molar-refractivity contribution in [2.45, 2.75) is 161 Å². The zero-order chi connectivity index (χ0) is 48.5. The fourth-order valence-corrected chi connectivity index (χ4v) is 13.6. The van der Waals surface area contributed by atoms with Gasteiger partial charge in [-0.1, -0.05) is 132 Å². The van der Waals surface area contributed by atoms with E-state index in [4.69, 9.17) is 11.0 Å². The van der Waals surface area contributed by atoms with Crippen molar-refractivity contribution in [2.75, 3.05) is 9.80 Å². The summed E-state index contributed by atoms with van der Waals surface area (Å²) in [6, 6.07) is 39.3. The summed E-state index contributed by atoms with van der Waals surface area (Å²) in [5, 5.41) is 1.12. The van der Waals surface area contributed by atoms with E-state index in [-0.39, 0.29) is 39.2 Å². The number of anilines is 6. The Morgan fingerprint density at radius 1 is 0.493 bits per heavy atom. The molecule has 2 aliphatic heterocycles. The molecular weight excluding hydrogens is 838 g/mol. The standard InChI is InChI=1S/C64H68BN3O/c1-38-30-53-56-54(31-38)68(51-23-20-40(32-50(51)66-14)39-18-16-15-17-19-39)57-42-34-45-48(64(12,13)29-26-61(45,6)7)37-55(42)69-58(57)65(56)49-35-46-47(63(10,11)28-27-62(46,8)9)36-52(49)67(53)41-21-22-43-44(33-41)60(4,5)25-24-59(43,2)3/h15-23,30-37H,24-29H2,1-13H3. The van der Waals surface area contributed by atoms with Gasteiger partial charge in [-0.3, -0.25) is 0 Å². The van der Waals surface area contributed by atoms with Gasteiger partial charge in [0.2, 0.25) is 5.69 Å². The van der Waals surface area contributed by atoms with Crippen LogP contribution in [0.1, 0.15) is 161 Å². The lowest BCUT2D eigenvalue weighted by Crippen LogP contribution is -2.61. The summed E-state index contributed by atoms with van der Waals surface area (Å²) in [5.74, 6) is 0. The molecule has 0 atom stereocenters. The van der Waals surface area contributed by atoms with Crippen LogP contribution in [0.3, 0.4) is 0 Å². The van der Waals surface area contributed by atoms with Crippen LogP contribution in [0.2, 0.25) is 0 Å². The normalized spacial score (nSPS) is 20.2. The lowest BCUT2D eigenvalue weighted by molar-refractivity contribution is 0.332. The Kier molecular flexibility index (Phi) is 9.18. The predicted molar refractivity (Wildman–Crippen MR) is 293 cm³/mol. The van der Waals surface area contributed by atoms with Crippen LogP contribution in [0, 0.1) is 13.5 Å². The molecule has 5 aliphatic rings. The van der Waals surface area contributed by atoms with E-state index in [1.54, 1.807) is 0 Å². The highest BCUT2D eigenvalue weighted by Gasteiger charge is 2.50. The molecule has 348 valence electrons. The minimum atomic E-state index is -0.183. The molecule has 3 aliphatic carbocycles. The molecule has 0 bridgehead atoms. The Morgan fingerprint density at radius 2 is 1.03 bits per heavy atom. The molecule has 7 aromatic rings. The zero-order valence-electron chi connectivity index (χ0n) is 43.4. The first-order valence-electron chi connectivity index (χ1n) is 25.8. The molecule has 0 radical (unpaired) electrons. The van der Waals surface area contributed by atoms with E-state index in [1.807, 2.05) is 0 Å². The average molecular weight is 906 g/mol. The molecular formula is C64H68BN3O. The lowest BCUT2D eigenvalue weighted by Gasteiger charge is -2.47. The van der Waals surface area contributed by atoms with Gasteiger partial charge < -0.3 is 14.2 Å². The molecule has 6 aromatic carbocycles. The van der Waals surface area contributed by atoms with Crippen molar-refractivity contribution >= 4 is 74.1 Å². The van der Waals surface area contributed by atoms with E-state index in [1.165, 1.54) is 73.4 Å². The zero-order valence-corrected chi connectivity index (χ0v) is 43.4. The maximum Gasteiger partial charge on any atom is 0.297 e. The van der Waals surface area contributed by atoms with Crippen LogP contribution >= 0.6 is 0 Å². The van der Waals surface area contributed by atoms with Crippen LogP contribution in [0.5, 0.6) is 0 Å². The molecule has 0 fully saturated rings. The van der Waals surface area contributed by atoms with Crippen molar-refractivity contribution in [3.05, 3.63) is 153 Å². The van der Waals surface area contributed by atoms with Crippen LogP contribution in [0.15, 0.2) is 108 Å². The minimum Gasteiger partial charge on any atom is -0.468 e. The van der Waals surface area contributed by atoms with Gasteiger partial charge in [0.25, 0.3) is 6.71 Å². The maximum absolute atomic E-state index is 8.85. The van der Waals surface area contributed by atoms with E-state index in [9.17, 15) is 0 Å². The number of nitrogens with zero attached hydrogens (tertiary/aromatic N) is 3. The summed E-state index contributed by atoms with van der Waals surface area (Å²) in [7, 11) is 0. The second-order valence-electron chi connectivity index (χ2n) is 25.7. The molecule has 4 nitrogen and oxygen atoms in total. The van der Waals surface area contributed by atoms with Crippen molar-refractivity contribution < 1.29 is 4.42 Å². The van der Waals surface area contributed by atoms with E-state index in [0.717, 1.165) is 76.9 Å². The maximum atomic E-state index is 8.85. The summed E-state index contributed by atoms with van der Waals surface area (Å²) in [4.78, 5) is 9.42. The van der Waals surface area contributed by atoms with Crippen LogP contribution in [0.25, 0.3) is 26.9 Å². The van der Waals surface area contributed by atoms with Gasteiger partial charge in [0.05, 0.1) is 23.6 Å². The van der Waals surface area contributed by atoms with Crippen LogP contribution in [0.4, 0.5) is 39.8 Å². The summed E-state index contributed by atoms with van der Waals surface area (Å²) >= 11 is 0. The van der Waals surface area contributed by atoms with Gasteiger partial charge in [-0.2, -0.15) is 0 Å². The third-order valence-electron chi connectivity index (χ3n) is 18.3. The molecule has 12 rings (SSSR count). The first kappa shape index (κ1) is 44.2. The fourth-order valence-electron chi connectivity index (χ4n) is 13.6. The van der Waals surface area contributed by atoms with Crippen molar-refractivity contribution in [1.82, 2.24) is 0 Å². The fraction of sp³-hybridized carbons (Fsp3) is 0.391. The van der Waals surface area contributed by atoms with Gasteiger partial charge in [0.15, 0.2) is 0 Å². The molecule has 0 N–H and O–H groups in total. The number of benzene rings is 6. The Morgan fingerprint density at radius 3 is 1.64 bits per heavy atom. The second kappa shape index (κ2) is 14.3. The molecule has 69 heavy (non-hydrogen) atoms. The molecule has 0 amide bonds. The summed E-state index contributed by atoms with van der Waals surface area (Å²) in [5.41, 5.74) is 23.8. The number of hydrogen-bond acceptors (Lipinski definition) is 3. The Hall–Kier alpha value is -5.99. The molecule has 0 unspecified atom stereocenters. The van der Waals surface area contributed by atoms with E-state index in [2.05, 4.69) is 208 Å². The Bertz CT molecular complexity index is 3390. The van der Waals surface area contributed by atoms with Gasteiger partial charge in [-0.15, -0.1) is 0 Å². The highest BCUT2D eigenvalue weighted by Crippen LogP contribution is 2.56. The first-order valence-corrected chi connectivity index (χ1v) is 25.8. The van der Waals surface area contributed by atoms with Crippen molar-refractivity contribution in [2.24, 2.45) is 0 Å². The third-order valence-corrected chi connectivity index (χ3v) is 18.3. The second-order valence-corrected chi connectivity index (χ2v) is 25.7. The molecule has 1 aromatic heterocycles. The first-order chi connectivity index (χ1) is 32.5. The minimum absolute atomic E-state index is 0.00117. The van der Waals surface area contributed by atoms with Crippen molar-refractivity contribution in [3.8, 4) is 11.1 Å². The molecule has 0 spiro atoms. The molecule has 0 saturated heterocycles. The average Bonchev–Trinajstić information content (AvgIpc) is 3.68. The molecule has 5 heteroatoms. The third kappa shape index (κ3) is 6.39. The number of rotatable bonds is 3. The number of fused-ring (bicyclic) bond motifs is 9. The van der Waals surface area contributed by atoms with Crippen molar-refractivity contribution in [1.29, 1.82) is 0 Å². The van der Waals surface area contributed by atoms with E-state index < -0.39 is 0 Å². The van der Waals surface area contributed by atoms with E-state index >= 15 is 0 Å². The summed E-state index contributed by atoms with van der Waals surface area (Å²) < 4.78 is 7.64. The quantitative estimate of drug-likeness (QED) is 0.130. The lowest BCUT2D eigenvalue weighted by atomic mass is 9.35. The van der Waals surface area contributed by atoms with Crippen LogP contribution in [-0.2, 0) is 32.5 Å². The SMILES string of the molecule is [C-]#[N+]c1cc(-c2ccccc2)ccc1N1c2cc(C)cc3c2B(c2cc4c(cc2N3c2ccc3c(c2)C(C)(C)CCC3(C)C)C(C)(C)CCC4(C)C)c2oc3cc4c(cc3c21)C(C)(C)CCC4(C)C. The highest BCUT2D eigenvalue weighted by atomic mass is 16.3. The Balaban J connectivity index is 1.21. The molecule has 0 saturated carbocycles. The number of furan rings is 1. The predicted octanol–water partition coefficient (Wildman–Crippen LogP) is 16.1. The topological polar surface area (TPSA) is 24.0 Å². The summed E-state index contributed by atoms with van der Waals surface area (Å²) in [6.45, 7) is 40.1. The van der Waals surface area contributed by atoms with Crippen LogP contribution in [-0.4, -0.2) is 6.71 Å². The molecule has 3 heterocycles. The van der Waals surface area contributed by atoms with Gasteiger partial charge in [0.1, 0.15) is 5.58 Å². The summed E-state index contributed by atoms with van der Waals surface area (Å²) in [6.07, 6.45) is 6.85. The smallest absolute Gasteiger partial charge is 0.297 e. The largest absolute Gasteiger partial charge is 0.468 e. The number of hydrogen-bond donors (Lipinski definition) is 0. The van der Waals surface area contributed by atoms with E-state index in [0.29, 0.717) is 5.69 Å². The van der Waals surface area contributed by atoms with Gasteiger partial charge in [-0.05, 0) is 194 Å². The monoisotopic (exact) mass is 906 g/mol. The van der Waals surface area contributed by atoms with Crippen molar-refractivity contribution in [3.63, 3.8) is 0 Å². The van der Waals surface area contributed by atoms with Gasteiger partial charge >= 0.3 is 0 Å². The van der Waals surface area contributed by atoms with Gasteiger partial charge in [0, 0.05) is 28.1 Å². The Labute approximate surface area is 412 Å². The number of aryl methyl sites for hydroxylation is 1. The van der Waals surface area contributed by atoms with Gasteiger partial charge in [-0.25, -0.2) is 4.85 Å². The highest BCUT2D eigenvalue weighted by molar-refractivity contribution is 7.00. The van der Waals surface area contributed by atoms with Crippen LogP contribution < -0.4 is 26.4 Å².